The highest BCUT2D eigenvalue weighted by atomic mass is 16.5. The van der Waals surface area contributed by atoms with Gasteiger partial charge in [0.1, 0.15) is 5.60 Å². The number of aromatic nitrogens is 1. The van der Waals surface area contributed by atoms with Gasteiger partial charge in [-0.25, -0.2) is 0 Å². The van der Waals surface area contributed by atoms with E-state index in [0.29, 0.717) is 19.2 Å². The Bertz CT molecular complexity index is 661. The lowest BCUT2D eigenvalue weighted by molar-refractivity contribution is -0.138. The summed E-state index contributed by atoms with van der Waals surface area (Å²) in [6.07, 6.45) is 4.57. The van der Waals surface area contributed by atoms with Crippen molar-refractivity contribution in [2.45, 2.75) is 51.9 Å². The smallest absolute Gasteiger partial charge is 0.293 e. The van der Waals surface area contributed by atoms with Gasteiger partial charge in [-0.05, 0) is 57.9 Å². The van der Waals surface area contributed by atoms with E-state index >= 15 is 0 Å². The molecule has 1 aromatic carbocycles. The molecule has 1 fully saturated rings. The van der Waals surface area contributed by atoms with E-state index in [9.17, 15) is 4.79 Å². The molecule has 136 valence electrons. The number of hydrogen-bond donors (Lipinski definition) is 1. The number of rotatable bonds is 4. The van der Waals surface area contributed by atoms with Crippen LogP contribution in [0.25, 0.3) is 10.9 Å². The molecule has 0 bridgehead atoms. The van der Waals surface area contributed by atoms with Gasteiger partial charge in [-0.2, -0.15) is 0 Å². The van der Waals surface area contributed by atoms with Crippen LogP contribution < -0.4 is 5.32 Å². The molecule has 0 amide bonds. The van der Waals surface area contributed by atoms with Crippen LogP contribution in [0, 0.1) is 0 Å². The molecule has 3 rings (SSSR count). The monoisotopic (exact) mass is 344 g/mol. The van der Waals surface area contributed by atoms with Crippen molar-refractivity contribution in [2.75, 3.05) is 13.1 Å². The first-order chi connectivity index (χ1) is 12.0. The van der Waals surface area contributed by atoms with Gasteiger partial charge in [0.15, 0.2) is 0 Å². The lowest BCUT2D eigenvalue weighted by Gasteiger charge is -2.23. The van der Waals surface area contributed by atoms with Crippen molar-refractivity contribution in [3.63, 3.8) is 0 Å². The second-order valence-corrected chi connectivity index (χ2v) is 7.14. The van der Waals surface area contributed by atoms with E-state index in [1.54, 1.807) is 0 Å². The molecule has 0 radical (unpaired) electrons. The van der Waals surface area contributed by atoms with E-state index in [1.165, 1.54) is 23.8 Å². The van der Waals surface area contributed by atoms with Gasteiger partial charge >= 0.3 is 0 Å². The largest absolute Gasteiger partial charge is 0.462 e. The van der Waals surface area contributed by atoms with Crippen LogP contribution in [0.15, 0.2) is 36.5 Å². The number of pyridine rings is 1. The summed E-state index contributed by atoms with van der Waals surface area (Å²) >= 11 is 0. The maximum absolute atomic E-state index is 9.60. The van der Waals surface area contributed by atoms with Crippen molar-refractivity contribution in [1.82, 2.24) is 10.3 Å². The summed E-state index contributed by atoms with van der Waals surface area (Å²) in [7, 11) is 0. The van der Waals surface area contributed by atoms with Crippen molar-refractivity contribution >= 4 is 17.4 Å². The molecule has 2 heterocycles. The lowest BCUT2D eigenvalue weighted by Crippen LogP contribution is -2.35. The van der Waals surface area contributed by atoms with Gasteiger partial charge in [0, 0.05) is 18.1 Å². The molecule has 5 heteroatoms. The van der Waals surface area contributed by atoms with Crippen LogP contribution in [0.2, 0.25) is 0 Å². The number of nitrogens with one attached hydrogen (secondary N) is 1. The van der Waals surface area contributed by atoms with Gasteiger partial charge in [-0.15, -0.1) is 0 Å². The number of carbonyl (C=O) groups excluding carboxylic acids is 1. The first-order valence-corrected chi connectivity index (χ1v) is 8.75. The summed E-state index contributed by atoms with van der Waals surface area (Å²) in [5.74, 6) is 0. The maximum atomic E-state index is 9.60. The summed E-state index contributed by atoms with van der Waals surface area (Å²) in [4.78, 5) is 14.0. The molecule has 1 unspecified atom stereocenters. The lowest BCUT2D eigenvalue weighted by atomic mass is 10.1. The van der Waals surface area contributed by atoms with E-state index in [4.69, 9.17) is 4.74 Å². The summed E-state index contributed by atoms with van der Waals surface area (Å²) in [5, 5.41) is 4.54. The molecule has 0 aliphatic carbocycles. The molecule has 1 aliphatic heterocycles. The SMILES string of the molecule is CC(C)(C)OC=O.c1cnc2cc(COC3CCCNC3)ccc2c1. The first kappa shape index (κ1) is 19.3. The number of piperidine rings is 1. The molecular formula is C20H28N2O3. The fourth-order valence-electron chi connectivity index (χ4n) is 2.52. The van der Waals surface area contributed by atoms with E-state index in [0.717, 1.165) is 18.6 Å². The van der Waals surface area contributed by atoms with Gasteiger partial charge in [0.2, 0.25) is 0 Å². The second-order valence-electron chi connectivity index (χ2n) is 7.14. The van der Waals surface area contributed by atoms with Crippen molar-refractivity contribution in [3.8, 4) is 0 Å². The third-order valence-electron chi connectivity index (χ3n) is 3.81. The summed E-state index contributed by atoms with van der Waals surface area (Å²) in [6, 6.07) is 10.4. The molecule has 1 N–H and O–H groups in total. The topological polar surface area (TPSA) is 60.5 Å². The molecule has 1 saturated heterocycles. The number of ether oxygens (including phenoxy) is 2. The van der Waals surface area contributed by atoms with Crippen molar-refractivity contribution < 1.29 is 14.3 Å². The maximum Gasteiger partial charge on any atom is 0.293 e. The highest BCUT2D eigenvalue weighted by Gasteiger charge is 2.13. The third-order valence-corrected chi connectivity index (χ3v) is 3.81. The Balaban J connectivity index is 0.000000277. The van der Waals surface area contributed by atoms with Crippen LogP contribution in [0.1, 0.15) is 39.2 Å². The summed E-state index contributed by atoms with van der Waals surface area (Å²) in [6.45, 7) is 8.70. The molecule has 0 spiro atoms. The minimum atomic E-state index is -0.318. The number of carbonyl (C=O) groups is 1. The zero-order valence-electron chi connectivity index (χ0n) is 15.3. The van der Waals surface area contributed by atoms with E-state index in [-0.39, 0.29) is 5.60 Å². The average Bonchev–Trinajstić information content (AvgIpc) is 2.60. The van der Waals surface area contributed by atoms with Crippen molar-refractivity contribution in [2.24, 2.45) is 0 Å². The standard InChI is InChI=1S/C15H18N2O.C5H10O2/c1-3-13-6-5-12(9-15(13)17-8-1)11-18-14-4-2-7-16-10-14;1-5(2,3)7-4-6/h1,3,5-6,8-9,14,16H,2,4,7,10-11H2;4H,1-3H3. The molecule has 25 heavy (non-hydrogen) atoms. The Kier molecular flexibility index (Phi) is 7.34. The molecule has 1 aromatic heterocycles. The number of nitrogens with zero attached hydrogens (tertiary/aromatic N) is 1. The minimum absolute atomic E-state index is 0.318. The van der Waals surface area contributed by atoms with E-state index in [2.05, 4.69) is 39.3 Å². The Morgan fingerprint density at radius 2 is 2.16 bits per heavy atom. The molecule has 1 atom stereocenters. The highest BCUT2D eigenvalue weighted by molar-refractivity contribution is 5.78. The van der Waals surface area contributed by atoms with Crippen molar-refractivity contribution in [1.29, 1.82) is 0 Å². The van der Waals surface area contributed by atoms with Crippen LogP contribution >= 0.6 is 0 Å². The number of benzene rings is 1. The van der Waals surface area contributed by atoms with Crippen LogP contribution in [-0.2, 0) is 20.9 Å². The molecular weight excluding hydrogens is 316 g/mol. The van der Waals surface area contributed by atoms with Crippen LogP contribution in [-0.4, -0.2) is 36.3 Å². The Morgan fingerprint density at radius 1 is 1.32 bits per heavy atom. The molecule has 1 aliphatic rings. The fraction of sp³-hybridized carbons (Fsp3) is 0.500. The summed E-state index contributed by atoms with van der Waals surface area (Å²) < 4.78 is 10.5. The van der Waals surface area contributed by atoms with Crippen LogP contribution in [0.4, 0.5) is 0 Å². The van der Waals surface area contributed by atoms with Gasteiger partial charge in [0.25, 0.3) is 6.47 Å². The normalized spacial score (nSPS) is 17.5. The Labute approximate surface area is 149 Å². The van der Waals surface area contributed by atoms with Gasteiger partial charge < -0.3 is 14.8 Å². The van der Waals surface area contributed by atoms with Gasteiger partial charge in [-0.3, -0.25) is 9.78 Å². The highest BCUT2D eigenvalue weighted by Crippen LogP contribution is 2.15. The van der Waals surface area contributed by atoms with Gasteiger partial charge in [0.05, 0.1) is 18.2 Å². The third kappa shape index (κ3) is 7.20. The second kappa shape index (κ2) is 9.49. The van der Waals surface area contributed by atoms with Crippen LogP contribution in [0.3, 0.4) is 0 Å². The van der Waals surface area contributed by atoms with Gasteiger partial charge in [-0.1, -0.05) is 18.2 Å². The zero-order valence-corrected chi connectivity index (χ0v) is 15.3. The number of hydrogen-bond acceptors (Lipinski definition) is 5. The van der Waals surface area contributed by atoms with E-state index in [1.807, 2.05) is 33.0 Å². The Morgan fingerprint density at radius 3 is 2.80 bits per heavy atom. The average molecular weight is 344 g/mol. The quantitative estimate of drug-likeness (QED) is 0.861. The predicted octanol–water partition coefficient (Wildman–Crippen LogP) is 3.46. The van der Waals surface area contributed by atoms with Crippen LogP contribution in [0.5, 0.6) is 0 Å². The minimum Gasteiger partial charge on any atom is -0.462 e. The Hall–Kier alpha value is -1.98. The fourth-order valence-corrected chi connectivity index (χ4v) is 2.52. The van der Waals surface area contributed by atoms with Crippen molar-refractivity contribution in [3.05, 3.63) is 42.1 Å². The first-order valence-electron chi connectivity index (χ1n) is 8.75. The molecule has 5 nitrogen and oxygen atoms in total. The predicted molar refractivity (Wildman–Crippen MR) is 99.3 cm³/mol. The van der Waals surface area contributed by atoms with E-state index < -0.39 is 0 Å². The number of fused-ring (bicyclic) bond motifs is 1. The zero-order chi connectivity index (χ0) is 18.1. The molecule has 2 aromatic rings. The summed E-state index contributed by atoms with van der Waals surface area (Å²) in [5.41, 5.74) is 1.93. The molecule has 0 saturated carbocycles.